The Morgan fingerprint density at radius 2 is 1.85 bits per heavy atom. The number of nitrogens with zero attached hydrogens (tertiary/aromatic N) is 2. The van der Waals surface area contributed by atoms with Crippen molar-refractivity contribution in [3.63, 3.8) is 0 Å². The summed E-state index contributed by atoms with van der Waals surface area (Å²) in [5, 5.41) is 26.3. The highest BCUT2D eigenvalue weighted by molar-refractivity contribution is 6.16. The molecule has 0 bridgehead atoms. The number of aromatic hydroxyl groups is 2. The second kappa shape index (κ2) is 6.46. The van der Waals surface area contributed by atoms with Crippen LogP contribution in [-0.4, -0.2) is 26.3 Å². The van der Waals surface area contributed by atoms with Crippen molar-refractivity contribution in [2.45, 2.75) is 13.3 Å². The van der Waals surface area contributed by atoms with Gasteiger partial charge < -0.3 is 20.1 Å². The molecule has 3 N–H and O–H groups in total. The summed E-state index contributed by atoms with van der Waals surface area (Å²) in [6, 6.07) is 8.36. The fraction of sp³-hybridized carbons (Fsp3) is 0.190. The molecule has 27 heavy (non-hydrogen) atoms. The molecular weight excluding hydrogens is 345 g/mol. The molecule has 6 heteroatoms. The lowest BCUT2D eigenvalue weighted by Crippen LogP contribution is -2.00. The summed E-state index contributed by atoms with van der Waals surface area (Å²) in [6.45, 7) is 2.68. The van der Waals surface area contributed by atoms with Gasteiger partial charge >= 0.3 is 0 Å². The van der Waals surface area contributed by atoms with E-state index in [1.165, 1.54) is 12.1 Å². The number of phenolic OH excluding ortho intramolecular Hbond substituents is 1. The van der Waals surface area contributed by atoms with Crippen LogP contribution in [-0.2, 0) is 13.5 Å². The average Bonchev–Trinajstić information content (AvgIpc) is 2.95. The molecule has 4 aromatic rings. The number of aryl methyl sites for hydroxylation is 1. The summed E-state index contributed by atoms with van der Waals surface area (Å²) in [5.74, 6) is -0.296. The third kappa shape index (κ3) is 2.83. The molecule has 4 rings (SSSR count). The van der Waals surface area contributed by atoms with Crippen LogP contribution in [0.15, 0.2) is 42.7 Å². The molecule has 0 spiro atoms. The van der Waals surface area contributed by atoms with Crippen LogP contribution in [0.1, 0.15) is 18.1 Å². The van der Waals surface area contributed by atoms with Crippen LogP contribution in [0.3, 0.4) is 0 Å². The molecule has 0 saturated heterocycles. The molecule has 0 aliphatic rings. The summed E-state index contributed by atoms with van der Waals surface area (Å²) in [4.78, 5) is 4.45. The van der Waals surface area contributed by atoms with Crippen molar-refractivity contribution in [3.8, 4) is 11.6 Å². The largest absolute Gasteiger partial charge is 0.505 e. The maximum absolute atomic E-state index is 13.1. The van der Waals surface area contributed by atoms with E-state index in [4.69, 9.17) is 0 Å². The van der Waals surface area contributed by atoms with Gasteiger partial charge in [0.05, 0.1) is 11.1 Å². The van der Waals surface area contributed by atoms with E-state index in [1.807, 2.05) is 13.0 Å². The maximum Gasteiger partial charge on any atom is 0.202 e. The van der Waals surface area contributed by atoms with E-state index in [0.717, 1.165) is 27.6 Å². The molecule has 0 amide bonds. The van der Waals surface area contributed by atoms with Gasteiger partial charge in [0.1, 0.15) is 11.3 Å². The third-order valence-electron chi connectivity index (χ3n) is 4.77. The summed E-state index contributed by atoms with van der Waals surface area (Å²) in [7, 11) is 1.72. The molecule has 0 fully saturated rings. The van der Waals surface area contributed by atoms with E-state index in [2.05, 4.69) is 10.3 Å². The van der Waals surface area contributed by atoms with Gasteiger partial charge in [0.2, 0.25) is 5.88 Å². The zero-order valence-electron chi connectivity index (χ0n) is 15.1. The first-order chi connectivity index (χ1) is 13.0. The molecule has 2 aromatic carbocycles. The van der Waals surface area contributed by atoms with E-state index in [9.17, 15) is 14.6 Å². The maximum atomic E-state index is 13.1. The lowest BCUT2D eigenvalue weighted by Gasteiger charge is -2.13. The monoisotopic (exact) mass is 365 g/mol. The Morgan fingerprint density at radius 3 is 2.56 bits per heavy atom. The molecular formula is C21H20FN3O2. The molecule has 0 saturated carbocycles. The lowest BCUT2D eigenvalue weighted by molar-refractivity contribution is 0.432. The molecule has 0 aliphatic carbocycles. The summed E-state index contributed by atoms with van der Waals surface area (Å²) in [5.41, 5.74) is 3.19. The van der Waals surface area contributed by atoms with Gasteiger partial charge in [-0.05, 0) is 42.7 Å². The topological polar surface area (TPSA) is 70.3 Å². The molecule has 0 unspecified atom stereocenters. The quantitative estimate of drug-likeness (QED) is 0.472. The van der Waals surface area contributed by atoms with Gasteiger partial charge in [0, 0.05) is 36.8 Å². The van der Waals surface area contributed by atoms with E-state index in [1.54, 1.807) is 36.1 Å². The van der Waals surface area contributed by atoms with Crippen LogP contribution >= 0.6 is 0 Å². The van der Waals surface area contributed by atoms with Gasteiger partial charge in [-0.3, -0.25) is 4.98 Å². The van der Waals surface area contributed by atoms with E-state index < -0.39 is 0 Å². The van der Waals surface area contributed by atoms with Gasteiger partial charge in [0.25, 0.3) is 0 Å². The van der Waals surface area contributed by atoms with Gasteiger partial charge in [-0.1, -0.05) is 12.1 Å². The zero-order valence-corrected chi connectivity index (χ0v) is 15.1. The van der Waals surface area contributed by atoms with E-state index in [0.29, 0.717) is 23.9 Å². The standard InChI is InChI=1S/C21H20FN3O2/c1-3-23-18-15-9-13(8-12-4-6-14(22)7-5-12)10-24-19(15)20(26)17-16(18)11-25(2)21(17)27/h4-7,9-11,23,26-27H,3,8H2,1-2H3. The van der Waals surface area contributed by atoms with Crippen molar-refractivity contribution in [1.82, 2.24) is 9.55 Å². The first-order valence-electron chi connectivity index (χ1n) is 8.79. The number of benzene rings is 2. The number of nitrogens with one attached hydrogen (secondary N) is 1. The second-order valence-corrected chi connectivity index (χ2v) is 6.65. The Labute approximate surface area is 155 Å². The van der Waals surface area contributed by atoms with Crippen LogP contribution in [0.25, 0.3) is 21.7 Å². The molecule has 0 radical (unpaired) electrons. The van der Waals surface area contributed by atoms with Crippen molar-refractivity contribution >= 4 is 27.4 Å². The highest BCUT2D eigenvalue weighted by atomic mass is 19.1. The number of halogens is 1. The molecule has 5 nitrogen and oxygen atoms in total. The Hall–Kier alpha value is -3.28. The summed E-state index contributed by atoms with van der Waals surface area (Å²) < 4.78 is 14.7. The van der Waals surface area contributed by atoms with Gasteiger partial charge in [-0.25, -0.2) is 4.39 Å². The normalized spacial score (nSPS) is 11.4. The highest BCUT2D eigenvalue weighted by Gasteiger charge is 2.20. The van der Waals surface area contributed by atoms with Gasteiger partial charge in [-0.2, -0.15) is 0 Å². The van der Waals surface area contributed by atoms with Crippen LogP contribution in [0.4, 0.5) is 10.1 Å². The van der Waals surface area contributed by atoms with Gasteiger partial charge in [-0.15, -0.1) is 0 Å². The fourth-order valence-corrected chi connectivity index (χ4v) is 3.49. The Morgan fingerprint density at radius 1 is 1.11 bits per heavy atom. The van der Waals surface area contributed by atoms with Crippen LogP contribution in [0.5, 0.6) is 11.6 Å². The number of aromatic nitrogens is 2. The lowest BCUT2D eigenvalue weighted by atomic mass is 10.0. The first-order valence-corrected chi connectivity index (χ1v) is 8.79. The predicted molar refractivity (Wildman–Crippen MR) is 105 cm³/mol. The number of phenols is 1. The first kappa shape index (κ1) is 17.1. The number of fused-ring (bicyclic) bond motifs is 2. The van der Waals surface area contributed by atoms with Crippen LogP contribution < -0.4 is 5.32 Å². The highest BCUT2D eigenvalue weighted by Crippen LogP contribution is 2.44. The average molecular weight is 365 g/mol. The molecule has 2 heterocycles. The molecule has 2 aromatic heterocycles. The fourth-order valence-electron chi connectivity index (χ4n) is 3.49. The minimum Gasteiger partial charge on any atom is -0.505 e. The second-order valence-electron chi connectivity index (χ2n) is 6.65. The number of pyridine rings is 1. The summed E-state index contributed by atoms with van der Waals surface area (Å²) in [6.07, 6.45) is 4.09. The van der Waals surface area contributed by atoms with Crippen LogP contribution in [0.2, 0.25) is 0 Å². The SMILES string of the molecule is CCNc1c2cc(Cc3ccc(F)cc3)cnc2c(O)c2c(O)n(C)cc12. The number of rotatable bonds is 4. The van der Waals surface area contributed by atoms with Gasteiger partial charge in [0.15, 0.2) is 5.75 Å². The third-order valence-corrected chi connectivity index (χ3v) is 4.77. The van der Waals surface area contributed by atoms with Crippen molar-refractivity contribution < 1.29 is 14.6 Å². The minimum absolute atomic E-state index is 0.000687. The number of hydrogen-bond acceptors (Lipinski definition) is 4. The molecule has 0 atom stereocenters. The predicted octanol–water partition coefficient (Wildman–Crippen LogP) is 4.30. The molecule has 138 valence electrons. The summed E-state index contributed by atoms with van der Waals surface area (Å²) >= 11 is 0. The smallest absolute Gasteiger partial charge is 0.202 e. The number of hydrogen-bond donors (Lipinski definition) is 3. The Kier molecular flexibility index (Phi) is 4.11. The Bertz CT molecular complexity index is 1150. The zero-order chi connectivity index (χ0) is 19.1. The van der Waals surface area contributed by atoms with E-state index in [-0.39, 0.29) is 17.4 Å². The minimum atomic E-state index is -0.263. The van der Waals surface area contributed by atoms with Crippen molar-refractivity contribution in [2.24, 2.45) is 7.05 Å². The number of anilines is 1. The van der Waals surface area contributed by atoms with Crippen LogP contribution in [0, 0.1) is 5.82 Å². The van der Waals surface area contributed by atoms with Crippen molar-refractivity contribution in [2.75, 3.05) is 11.9 Å². The van der Waals surface area contributed by atoms with Crippen molar-refractivity contribution in [3.05, 3.63) is 59.7 Å². The Balaban J connectivity index is 1.92. The van der Waals surface area contributed by atoms with E-state index >= 15 is 0 Å². The molecule has 0 aliphatic heterocycles. The van der Waals surface area contributed by atoms with Crippen molar-refractivity contribution in [1.29, 1.82) is 0 Å².